The average Bonchev–Trinajstić information content (AvgIpc) is 2.45. The van der Waals surface area contributed by atoms with Crippen LogP contribution in [0, 0.1) is 3.57 Å². The summed E-state index contributed by atoms with van der Waals surface area (Å²) in [5.41, 5.74) is 1.26. The highest BCUT2D eigenvalue weighted by molar-refractivity contribution is 14.1. The van der Waals surface area contributed by atoms with Crippen molar-refractivity contribution in [2.24, 2.45) is 0 Å². The van der Waals surface area contributed by atoms with Gasteiger partial charge in [-0.15, -0.1) is 0 Å². The second-order valence-electron chi connectivity index (χ2n) is 3.04. The maximum atomic E-state index is 10.5. The predicted octanol–water partition coefficient (Wildman–Crippen LogP) is 2.22. The van der Waals surface area contributed by atoms with Gasteiger partial charge in [0.2, 0.25) is 0 Å². The SMILES string of the molecule is O=C(O)Cc1cn2cc(Cl)cc(I)c2n1. The predicted molar refractivity (Wildman–Crippen MR) is 64.3 cm³/mol. The third-order valence-corrected chi connectivity index (χ3v) is 2.86. The number of imidazole rings is 1. The maximum absolute atomic E-state index is 10.5. The number of carboxylic acids is 1. The van der Waals surface area contributed by atoms with E-state index < -0.39 is 5.97 Å². The zero-order valence-corrected chi connectivity index (χ0v) is 10.4. The van der Waals surface area contributed by atoms with Crippen molar-refractivity contribution < 1.29 is 9.90 Å². The molecule has 1 N–H and O–H groups in total. The number of rotatable bonds is 2. The number of hydrogen-bond acceptors (Lipinski definition) is 2. The van der Waals surface area contributed by atoms with E-state index in [1.807, 2.05) is 0 Å². The standard InChI is InChI=1S/C9H6ClIN2O2/c10-5-1-7(11)9-12-6(2-8(14)15)4-13(9)3-5/h1,3-4H,2H2,(H,14,15). The van der Waals surface area contributed by atoms with Crippen molar-refractivity contribution >= 4 is 45.8 Å². The van der Waals surface area contributed by atoms with E-state index in [1.54, 1.807) is 22.9 Å². The summed E-state index contributed by atoms with van der Waals surface area (Å²) in [5.74, 6) is -0.889. The lowest BCUT2D eigenvalue weighted by molar-refractivity contribution is -0.136. The number of aromatic nitrogens is 2. The van der Waals surface area contributed by atoms with E-state index in [4.69, 9.17) is 16.7 Å². The van der Waals surface area contributed by atoms with Gasteiger partial charge in [0, 0.05) is 12.4 Å². The highest BCUT2D eigenvalue weighted by Crippen LogP contribution is 2.19. The van der Waals surface area contributed by atoms with Crippen LogP contribution in [0.1, 0.15) is 5.69 Å². The highest BCUT2D eigenvalue weighted by Gasteiger charge is 2.08. The fraction of sp³-hybridized carbons (Fsp3) is 0.111. The molecule has 0 amide bonds. The van der Waals surface area contributed by atoms with Gasteiger partial charge in [0.25, 0.3) is 0 Å². The molecule has 0 atom stereocenters. The lowest BCUT2D eigenvalue weighted by Crippen LogP contribution is -1.99. The number of carbonyl (C=O) groups is 1. The van der Waals surface area contributed by atoms with Crippen LogP contribution in [0.5, 0.6) is 0 Å². The molecule has 0 saturated heterocycles. The first-order chi connectivity index (χ1) is 7.06. The van der Waals surface area contributed by atoms with Gasteiger partial charge in [-0.05, 0) is 28.7 Å². The zero-order valence-electron chi connectivity index (χ0n) is 7.44. The molecule has 6 heteroatoms. The molecule has 0 aliphatic rings. The van der Waals surface area contributed by atoms with Gasteiger partial charge in [0.1, 0.15) is 0 Å². The molecular weight excluding hydrogens is 330 g/mol. The highest BCUT2D eigenvalue weighted by atomic mass is 127. The number of nitrogens with zero attached hydrogens (tertiary/aromatic N) is 2. The van der Waals surface area contributed by atoms with Crippen LogP contribution in [-0.2, 0) is 11.2 Å². The van der Waals surface area contributed by atoms with Crippen LogP contribution in [0.25, 0.3) is 5.65 Å². The van der Waals surface area contributed by atoms with Gasteiger partial charge in [-0.3, -0.25) is 4.79 Å². The Morgan fingerprint density at radius 3 is 3.00 bits per heavy atom. The van der Waals surface area contributed by atoms with Crippen LogP contribution in [0.15, 0.2) is 18.5 Å². The maximum Gasteiger partial charge on any atom is 0.309 e. The average molecular weight is 337 g/mol. The summed E-state index contributed by atoms with van der Waals surface area (Å²) < 4.78 is 2.64. The van der Waals surface area contributed by atoms with Gasteiger partial charge in [-0.25, -0.2) is 4.98 Å². The molecule has 0 aliphatic carbocycles. The van der Waals surface area contributed by atoms with Gasteiger partial charge in [0.15, 0.2) is 5.65 Å². The van der Waals surface area contributed by atoms with Gasteiger partial charge in [0.05, 0.1) is 20.7 Å². The minimum absolute atomic E-state index is 0.0740. The number of halogens is 2. The molecule has 0 radical (unpaired) electrons. The van der Waals surface area contributed by atoms with Crippen molar-refractivity contribution in [3.63, 3.8) is 0 Å². The van der Waals surface area contributed by atoms with Gasteiger partial charge >= 0.3 is 5.97 Å². The Morgan fingerprint density at radius 2 is 2.33 bits per heavy atom. The van der Waals surface area contributed by atoms with Gasteiger partial charge < -0.3 is 9.51 Å². The first kappa shape index (κ1) is 10.7. The Bertz CT molecular complexity index is 538. The Kier molecular flexibility index (Phi) is 2.83. The van der Waals surface area contributed by atoms with Crippen LogP contribution in [0.2, 0.25) is 5.02 Å². The summed E-state index contributed by atoms with van der Waals surface area (Å²) in [6.07, 6.45) is 3.31. The van der Waals surface area contributed by atoms with Crippen molar-refractivity contribution in [3.05, 3.63) is 32.7 Å². The lowest BCUT2D eigenvalue weighted by atomic mass is 10.3. The normalized spacial score (nSPS) is 10.8. The van der Waals surface area contributed by atoms with E-state index in [1.165, 1.54) is 0 Å². The quantitative estimate of drug-likeness (QED) is 0.856. The molecule has 4 nitrogen and oxygen atoms in total. The van der Waals surface area contributed by atoms with Crippen LogP contribution in [0.4, 0.5) is 0 Å². The van der Waals surface area contributed by atoms with Crippen molar-refractivity contribution in [1.29, 1.82) is 0 Å². The van der Waals surface area contributed by atoms with Crippen molar-refractivity contribution in [2.75, 3.05) is 0 Å². The van der Waals surface area contributed by atoms with Gasteiger partial charge in [-0.1, -0.05) is 11.6 Å². The zero-order chi connectivity index (χ0) is 11.0. The number of aliphatic carboxylic acids is 1. The fourth-order valence-electron chi connectivity index (χ4n) is 1.32. The summed E-state index contributed by atoms with van der Waals surface area (Å²) in [4.78, 5) is 14.7. The first-order valence-electron chi connectivity index (χ1n) is 4.10. The van der Waals surface area contributed by atoms with Crippen LogP contribution in [0.3, 0.4) is 0 Å². The third-order valence-electron chi connectivity index (χ3n) is 1.86. The topological polar surface area (TPSA) is 54.6 Å². The molecule has 0 spiro atoms. The molecule has 78 valence electrons. The Morgan fingerprint density at radius 1 is 1.60 bits per heavy atom. The molecule has 2 aromatic rings. The minimum atomic E-state index is -0.889. The molecule has 0 unspecified atom stereocenters. The summed E-state index contributed by atoms with van der Waals surface area (Å²) in [7, 11) is 0. The second kappa shape index (κ2) is 3.97. The van der Waals surface area contributed by atoms with E-state index in [-0.39, 0.29) is 6.42 Å². The van der Waals surface area contributed by atoms with Crippen LogP contribution in [-0.4, -0.2) is 20.5 Å². The summed E-state index contributed by atoms with van der Waals surface area (Å²) in [5, 5.41) is 9.24. The molecule has 0 saturated carbocycles. The van der Waals surface area contributed by atoms with Crippen molar-refractivity contribution in [3.8, 4) is 0 Å². The molecular formula is C9H6ClIN2O2. The second-order valence-corrected chi connectivity index (χ2v) is 4.64. The van der Waals surface area contributed by atoms with Crippen molar-refractivity contribution in [1.82, 2.24) is 9.38 Å². The molecule has 0 fully saturated rings. The molecule has 0 aromatic carbocycles. The molecule has 2 rings (SSSR count). The van der Waals surface area contributed by atoms with Crippen LogP contribution < -0.4 is 0 Å². The number of fused-ring (bicyclic) bond motifs is 1. The lowest BCUT2D eigenvalue weighted by Gasteiger charge is -1.96. The van der Waals surface area contributed by atoms with Crippen LogP contribution >= 0.6 is 34.2 Å². The first-order valence-corrected chi connectivity index (χ1v) is 5.56. The van der Waals surface area contributed by atoms with Gasteiger partial charge in [-0.2, -0.15) is 0 Å². The Balaban J connectivity index is 2.55. The monoisotopic (exact) mass is 336 g/mol. The third kappa shape index (κ3) is 2.23. The largest absolute Gasteiger partial charge is 0.481 e. The molecule has 0 aliphatic heterocycles. The van der Waals surface area contributed by atoms with E-state index in [9.17, 15) is 4.79 Å². The number of carboxylic acid groups (broad SMARTS) is 1. The smallest absolute Gasteiger partial charge is 0.309 e. The minimum Gasteiger partial charge on any atom is -0.481 e. The van der Waals surface area contributed by atoms with E-state index >= 15 is 0 Å². The number of hydrogen-bond donors (Lipinski definition) is 1. The number of pyridine rings is 1. The summed E-state index contributed by atoms with van der Waals surface area (Å²) in [6.45, 7) is 0. The Hall–Kier alpha value is -0.820. The van der Waals surface area contributed by atoms with Crippen molar-refractivity contribution in [2.45, 2.75) is 6.42 Å². The molecule has 15 heavy (non-hydrogen) atoms. The summed E-state index contributed by atoms with van der Waals surface area (Å²) in [6, 6.07) is 1.79. The Labute approximate surface area is 104 Å². The van der Waals surface area contributed by atoms with E-state index in [0.717, 1.165) is 9.22 Å². The molecule has 2 heterocycles. The fourth-order valence-corrected chi connectivity index (χ4v) is 2.45. The van der Waals surface area contributed by atoms with E-state index in [0.29, 0.717) is 10.7 Å². The molecule has 2 aromatic heterocycles. The van der Waals surface area contributed by atoms with E-state index in [2.05, 4.69) is 27.6 Å². The summed E-state index contributed by atoms with van der Waals surface area (Å²) >= 11 is 7.98. The molecule has 0 bridgehead atoms.